The number of carbonyl (C=O) groups excluding carboxylic acids is 1. The summed E-state index contributed by atoms with van der Waals surface area (Å²) >= 11 is 0. The van der Waals surface area contributed by atoms with Crippen molar-refractivity contribution < 1.29 is 23.1 Å². The van der Waals surface area contributed by atoms with E-state index in [1.165, 1.54) is 23.1 Å². The molecule has 25 heavy (non-hydrogen) atoms. The number of hydrogen-bond donors (Lipinski definition) is 3. The van der Waals surface area contributed by atoms with E-state index < -0.39 is 33.5 Å². The van der Waals surface area contributed by atoms with Crippen molar-refractivity contribution >= 4 is 27.7 Å². The van der Waals surface area contributed by atoms with Gasteiger partial charge in [0.05, 0.1) is 10.8 Å². The molecule has 2 amide bonds. The number of urea groups is 1. The molecule has 1 heterocycles. The van der Waals surface area contributed by atoms with Gasteiger partial charge in [-0.1, -0.05) is 6.07 Å². The largest absolute Gasteiger partial charge is 0.481 e. The van der Waals surface area contributed by atoms with Crippen molar-refractivity contribution in [3.63, 3.8) is 0 Å². The first-order valence-corrected chi connectivity index (χ1v) is 9.39. The molecule has 1 aliphatic rings. The van der Waals surface area contributed by atoms with E-state index in [9.17, 15) is 18.0 Å². The Labute approximate surface area is 147 Å². The lowest BCUT2D eigenvalue weighted by molar-refractivity contribution is -0.141. The average molecular weight is 369 g/mol. The molecule has 138 valence electrons. The molecule has 1 aliphatic heterocycles. The Hall–Kier alpha value is -2.13. The Morgan fingerprint density at radius 1 is 1.28 bits per heavy atom. The van der Waals surface area contributed by atoms with Crippen LogP contribution in [0.4, 0.5) is 10.5 Å². The Balaban J connectivity index is 2.09. The molecule has 1 atom stereocenters. The normalized spacial score (nSPS) is 18.2. The van der Waals surface area contributed by atoms with Gasteiger partial charge in [-0.3, -0.25) is 4.79 Å². The number of rotatable bonds is 4. The fraction of sp³-hybridized carbons (Fsp3) is 0.500. The summed E-state index contributed by atoms with van der Waals surface area (Å²) in [5.74, 6) is -1.48. The standard InChI is InChI=1S/C16H23N3O5S/c1-16(2,3)18-25(23,24)13-6-4-5-12(9-13)17-15(22)19-8-7-11(10-19)14(20)21/h4-6,9,11,18H,7-8,10H2,1-3H3,(H,17,22)(H,20,21). The highest BCUT2D eigenvalue weighted by atomic mass is 32.2. The van der Waals surface area contributed by atoms with Gasteiger partial charge in [0, 0.05) is 24.3 Å². The maximum absolute atomic E-state index is 12.4. The quantitative estimate of drug-likeness (QED) is 0.747. The van der Waals surface area contributed by atoms with Crippen molar-refractivity contribution in [2.24, 2.45) is 5.92 Å². The van der Waals surface area contributed by atoms with Crippen molar-refractivity contribution in [3.8, 4) is 0 Å². The average Bonchev–Trinajstić information content (AvgIpc) is 2.95. The predicted molar refractivity (Wildman–Crippen MR) is 92.9 cm³/mol. The SMILES string of the molecule is CC(C)(C)NS(=O)(=O)c1cccc(NC(=O)N2CCC(C(=O)O)C2)c1. The summed E-state index contributed by atoms with van der Waals surface area (Å²) in [6, 6.07) is 5.49. The molecule has 1 aromatic carbocycles. The molecule has 1 fully saturated rings. The van der Waals surface area contributed by atoms with Crippen LogP contribution in [0.5, 0.6) is 0 Å². The third-order valence-electron chi connectivity index (χ3n) is 3.66. The molecular weight excluding hydrogens is 346 g/mol. The molecule has 9 heteroatoms. The summed E-state index contributed by atoms with van der Waals surface area (Å²) in [7, 11) is -3.71. The van der Waals surface area contributed by atoms with Gasteiger partial charge in [-0.15, -0.1) is 0 Å². The number of likely N-dealkylation sites (tertiary alicyclic amines) is 1. The minimum atomic E-state index is -3.71. The highest BCUT2D eigenvalue weighted by Gasteiger charge is 2.31. The van der Waals surface area contributed by atoms with Gasteiger partial charge in [0.15, 0.2) is 0 Å². The van der Waals surface area contributed by atoms with E-state index >= 15 is 0 Å². The number of nitrogens with zero attached hydrogens (tertiary/aromatic N) is 1. The second-order valence-electron chi connectivity index (χ2n) is 7.08. The summed E-state index contributed by atoms with van der Waals surface area (Å²) in [6.07, 6.45) is 0.409. The number of carboxylic acids is 1. The number of anilines is 1. The molecule has 0 saturated carbocycles. The molecule has 0 aliphatic carbocycles. The monoisotopic (exact) mass is 369 g/mol. The van der Waals surface area contributed by atoms with Gasteiger partial charge in [-0.25, -0.2) is 17.9 Å². The maximum Gasteiger partial charge on any atom is 0.321 e. The predicted octanol–water partition coefficient (Wildman–Crippen LogP) is 1.70. The van der Waals surface area contributed by atoms with Gasteiger partial charge < -0.3 is 15.3 Å². The zero-order valence-electron chi connectivity index (χ0n) is 14.4. The lowest BCUT2D eigenvalue weighted by Crippen LogP contribution is -2.40. The molecule has 1 saturated heterocycles. The van der Waals surface area contributed by atoms with E-state index in [4.69, 9.17) is 5.11 Å². The van der Waals surface area contributed by atoms with Crippen molar-refractivity contribution in [3.05, 3.63) is 24.3 Å². The van der Waals surface area contributed by atoms with E-state index in [1.54, 1.807) is 26.8 Å². The van der Waals surface area contributed by atoms with Crippen molar-refractivity contribution in [1.82, 2.24) is 9.62 Å². The summed E-state index contributed by atoms with van der Waals surface area (Å²) in [6.45, 7) is 5.71. The number of nitrogens with one attached hydrogen (secondary N) is 2. The first kappa shape index (κ1) is 19.2. The Morgan fingerprint density at radius 2 is 1.96 bits per heavy atom. The van der Waals surface area contributed by atoms with E-state index in [2.05, 4.69) is 10.0 Å². The topological polar surface area (TPSA) is 116 Å². The molecule has 8 nitrogen and oxygen atoms in total. The molecule has 0 radical (unpaired) electrons. The number of benzene rings is 1. The van der Waals surface area contributed by atoms with Crippen LogP contribution in [-0.4, -0.2) is 49.1 Å². The first-order chi connectivity index (χ1) is 11.5. The summed E-state index contributed by atoms with van der Waals surface area (Å²) < 4.78 is 27.3. The Morgan fingerprint density at radius 3 is 2.52 bits per heavy atom. The fourth-order valence-corrected chi connectivity index (χ4v) is 4.02. The molecule has 1 aromatic rings. The maximum atomic E-state index is 12.4. The van der Waals surface area contributed by atoms with E-state index in [1.807, 2.05) is 0 Å². The second kappa shape index (κ2) is 7.01. The summed E-state index contributed by atoms with van der Waals surface area (Å²) in [5.41, 5.74) is -0.292. The van der Waals surface area contributed by atoms with Gasteiger partial charge >= 0.3 is 12.0 Å². The smallest absolute Gasteiger partial charge is 0.321 e. The molecule has 0 aromatic heterocycles. The van der Waals surface area contributed by atoms with Crippen LogP contribution in [0.25, 0.3) is 0 Å². The van der Waals surface area contributed by atoms with Crippen LogP contribution < -0.4 is 10.0 Å². The van der Waals surface area contributed by atoms with Gasteiger partial charge in [-0.2, -0.15) is 0 Å². The minimum absolute atomic E-state index is 0.0464. The fourth-order valence-electron chi connectivity index (χ4n) is 2.55. The van der Waals surface area contributed by atoms with Gasteiger partial charge in [0.2, 0.25) is 10.0 Å². The van der Waals surface area contributed by atoms with Crippen LogP contribution >= 0.6 is 0 Å². The van der Waals surface area contributed by atoms with Crippen LogP contribution in [0.3, 0.4) is 0 Å². The lowest BCUT2D eigenvalue weighted by atomic mass is 10.1. The van der Waals surface area contributed by atoms with Crippen molar-refractivity contribution in [2.75, 3.05) is 18.4 Å². The van der Waals surface area contributed by atoms with Gasteiger partial charge in [-0.05, 0) is 45.4 Å². The summed E-state index contributed by atoms with van der Waals surface area (Å²) in [5, 5.41) is 11.6. The third-order valence-corrected chi connectivity index (χ3v) is 5.42. The van der Waals surface area contributed by atoms with E-state index in [0.29, 0.717) is 18.7 Å². The molecule has 0 bridgehead atoms. The van der Waals surface area contributed by atoms with Crippen LogP contribution in [0.2, 0.25) is 0 Å². The molecule has 0 spiro atoms. The van der Waals surface area contributed by atoms with Crippen molar-refractivity contribution in [2.45, 2.75) is 37.6 Å². The van der Waals surface area contributed by atoms with Crippen molar-refractivity contribution in [1.29, 1.82) is 0 Å². The zero-order chi connectivity index (χ0) is 18.8. The van der Waals surface area contributed by atoms with Crippen LogP contribution in [-0.2, 0) is 14.8 Å². The molecule has 2 rings (SSSR count). The van der Waals surface area contributed by atoms with Crippen LogP contribution in [0, 0.1) is 5.92 Å². The zero-order valence-corrected chi connectivity index (χ0v) is 15.3. The van der Waals surface area contributed by atoms with Crippen LogP contribution in [0.1, 0.15) is 27.2 Å². The highest BCUT2D eigenvalue weighted by molar-refractivity contribution is 7.89. The van der Waals surface area contributed by atoms with Crippen LogP contribution in [0.15, 0.2) is 29.2 Å². The molecular formula is C16H23N3O5S. The number of sulfonamides is 1. The molecule has 1 unspecified atom stereocenters. The molecule has 3 N–H and O–H groups in total. The third kappa shape index (κ3) is 5.17. The number of carboxylic acid groups (broad SMARTS) is 1. The highest BCUT2D eigenvalue weighted by Crippen LogP contribution is 2.20. The first-order valence-electron chi connectivity index (χ1n) is 7.91. The number of hydrogen-bond acceptors (Lipinski definition) is 4. The van der Waals surface area contributed by atoms with Gasteiger partial charge in [0.25, 0.3) is 0 Å². The number of carbonyl (C=O) groups is 2. The van der Waals surface area contributed by atoms with Gasteiger partial charge in [0.1, 0.15) is 0 Å². The second-order valence-corrected chi connectivity index (χ2v) is 8.77. The minimum Gasteiger partial charge on any atom is -0.481 e. The Bertz CT molecular complexity index is 770. The summed E-state index contributed by atoms with van der Waals surface area (Å²) in [4.78, 5) is 24.7. The van der Waals surface area contributed by atoms with E-state index in [0.717, 1.165) is 0 Å². The Kier molecular flexibility index (Phi) is 5.38. The number of amides is 2. The number of aliphatic carboxylic acids is 1. The van der Waals surface area contributed by atoms with E-state index in [-0.39, 0.29) is 11.4 Å². The lowest BCUT2D eigenvalue weighted by Gasteiger charge is -2.21.